The summed E-state index contributed by atoms with van der Waals surface area (Å²) in [4.78, 5) is 13.5. The number of rotatable bonds is 2. The second kappa shape index (κ2) is 5.34. The Balaban J connectivity index is 2.20. The summed E-state index contributed by atoms with van der Waals surface area (Å²) in [6.45, 7) is 0. The van der Waals surface area contributed by atoms with Crippen LogP contribution in [-0.2, 0) is 4.79 Å². The van der Waals surface area contributed by atoms with E-state index in [1.807, 2.05) is 35.0 Å². The Labute approximate surface area is 109 Å². The number of carbonyl (C=O) groups excluding carboxylic acids is 1. The van der Waals surface area contributed by atoms with E-state index in [9.17, 15) is 4.79 Å². The monoisotopic (exact) mass is 257 g/mol. The first-order chi connectivity index (χ1) is 8.66. The Hall–Kier alpha value is -2.32. The first-order valence-electron chi connectivity index (χ1n) is 5.30. The summed E-state index contributed by atoms with van der Waals surface area (Å²) in [6.07, 6.45) is 3.71. The first kappa shape index (κ1) is 12.1. The zero-order valence-electron chi connectivity index (χ0n) is 9.51. The molecule has 0 bridgehead atoms. The third-order valence-corrected chi connectivity index (χ3v) is 2.60. The number of aromatic nitrogens is 2. The third kappa shape index (κ3) is 2.87. The number of imidazole rings is 1. The number of nitrogens with one attached hydrogen (secondary N) is 1. The smallest absolute Gasteiger partial charge is 0.229 e. The zero-order chi connectivity index (χ0) is 13.0. The normalized spacial score (nSPS) is 9.56. The SMILES string of the molecule is NC(=O)CC#Cc1ccc(-n2cc[nH]c2=S)cc1. The standard InChI is InChI=1S/C13H11N3OS/c14-12(17)3-1-2-10-4-6-11(7-5-10)16-9-8-15-13(16)18/h4-9H,3H2,(H2,14,17)(H,15,18). The Morgan fingerprint density at radius 2 is 2.11 bits per heavy atom. The molecule has 0 saturated heterocycles. The Kier molecular flexibility index (Phi) is 3.60. The number of amides is 1. The average molecular weight is 257 g/mol. The molecule has 2 aromatic rings. The van der Waals surface area contributed by atoms with Crippen LogP contribution in [0.25, 0.3) is 5.69 Å². The van der Waals surface area contributed by atoms with Crippen molar-refractivity contribution in [3.63, 3.8) is 0 Å². The van der Waals surface area contributed by atoms with Crippen LogP contribution in [0, 0.1) is 16.6 Å². The van der Waals surface area contributed by atoms with Gasteiger partial charge in [-0.05, 0) is 36.5 Å². The minimum absolute atomic E-state index is 0.0740. The van der Waals surface area contributed by atoms with E-state index < -0.39 is 5.91 Å². The van der Waals surface area contributed by atoms with Crippen molar-refractivity contribution < 1.29 is 4.79 Å². The quantitative estimate of drug-likeness (QED) is 0.636. The molecule has 18 heavy (non-hydrogen) atoms. The molecule has 0 radical (unpaired) electrons. The summed E-state index contributed by atoms with van der Waals surface area (Å²) < 4.78 is 2.50. The number of H-pyrrole nitrogens is 1. The fourth-order valence-corrected chi connectivity index (χ4v) is 1.70. The molecule has 0 fully saturated rings. The molecule has 1 aromatic carbocycles. The molecule has 3 N–H and O–H groups in total. The summed E-state index contributed by atoms with van der Waals surface area (Å²) >= 11 is 5.13. The highest BCUT2D eigenvalue weighted by molar-refractivity contribution is 7.71. The van der Waals surface area contributed by atoms with Crippen molar-refractivity contribution in [2.75, 3.05) is 0 Å². The summed E-state index contributed by atoms with van der Waals surface area (Å²) in [5.74, 6) is 5.16. The van der Waals surface area contributed by atoms with Crippen molar-refractivity contribution >= 4 is 18.1 Å². The van der Waals surface area contributed by atoms with Crippen LogP contribution >= 0.6 is 12.2 Å². The van der Waals surface area contributed by atoms with Gasteiger partial charge in [0.15, 0.2) is 4.77 Å². The number of primary amides is 1. The lowest BCUT2D eigenvalue weighted by molar-refractivity contribution is -0.117. The minimum atomic E-state index is -0.419. The second-order valence-corrected chi connectivity index (χ2v) is 4.01. The van der Waals surface area contributed by atoms with E-state index in [-0.39, 0.29) is 6.42 Å². The molecule has 0 atom stereocenters. The van der Waals surface area contributed by atoms with Gasteiger partial charge in [-0.2, -0.15) is 0 Å². The first-order valence-corrected chi connectivity index (χ1v) is 5.71. The maximum Gasteiger partial charge on any atom is 0.229 e. The molecule has 0 saturated carbocycles. The zero-order valence-corrected chi connectivity index (χ0v) is 10.3. The van der Waals surface area contributed by atoms with E-state index in [4.69, 9.17) is 18.0 Å². The topological polar surface area (TPSA) is 63.8 Å². The van der Waals surface area contributed by atoms with E-state index in [1.165, 1.54) is 0 Å². The van der Waals surface area contributed by atoms with Gasteiger partial charge < -0.3 is 10.7 Å². The lowest BCUT2D eigenvalue weighted by atomic mass is 10.2. The number of hydrogen-bond donors (Lipinski definition) is 2. The molecule has 1 aromatic heterocycles. The molecule has 1 heterocycles. The van der Waals surface area contributed by atoms with Gasteiger partial charge in [0.1, 0.15) is 0 Å². The molecular formula is C13H11N3OS. The molecule has 5 heteroatoms. The molecule has 0 aliphatic heterocycles. The maximum absolute atomic E-state index is 10.5. The maximum atomic E-state index is 10.5. The number of nitrogens with two attached hydrogens (primary N) is 1. The van der Waals surface area contributed by atoms with Crippen LogP contribution in [0.2, 0.25) is 0 Å². The Morgan fingerprint density at radius 1 is 1.39 bits per heavy atom. The van der Waals surface area contributed by atoms with Crippen molar-refractivity contribution in [1.29, 1.82) is 0 Å². The number of aromatic amines is 1. The molecule has 1 amide bonds. The highest BCUT2D eigenvalue weighted by atomic mass is 32.1. The summed E-state index contributed by atoms with van der Waals surface area (Å²) in [7, 11) is 0. The molecule has 2 rings (SSSR count). The molecule has 90 valence electrons. The van der Waals surface area contributed by atoms with Gasteiger partial charge in [0.2, 0.25) is 5.91 Å². The van der Waals surface area contributed by atoms with Gasteiger partial charge in [-0.15, -0.1) is 0 Å². The van der Waals surface area contributed by atoms with Crippen LogP contribution in [0.3, 0.4) is 0 Å². The van der Waals surface area contributed by atoms with E-state index >= 15 is 0 Å². The van der Waals surface area contributed by atoms with Gasteiger partial charge in [-0.25, -0.2) is 0 Å². The largest absolute Gasteiger partial charge is 0.369 e. The molecule has 0 spiro atoms. The minimum Gasteiger partial charge on any atom is -0.369 e. The van der Waals surface area contributed by atoms with Crippen LogP contribution in [-0.4, -0.2) is 15.5 Å². The van der Waals surface area contributed by atoms with Crippen LogP contribution in [0.5, 0.6) is 0 Å². The number of carbonyl (C=O) groups is 1. The predicted octanol–water partition coefficient (Wildman–Crippen LogP) is 1.76. The van der Waals surface area contributed by atoms with Crippen LogP contribution < -0.4 is 5.73 Å². The van der Waals surface area contributed by atoms with Crippen LogP contribution in [0.1, 0.15) is 12.0 Å². The van der Waals surface area contributed by atoms with Crippen molar-refractivity contribution in [2.45, 2.75) is 6.42 Å². The van der Waals surface area contributed by atoms with Gasteiger partial charge >= 0.3 is 0 Å². The van der Waals surface area contributed by atoms with Gasteiger partial charge in [-0.3, -0.25) is 9.36 Å². The Morgan fingerprint density at radius 3 is 2.67 bits per heavy atom. The lowest BCUT2D eigenvalue weighted by Crippen LogP contribution is -2.08. The fourth-order valence-electron chi connectivity index (χ4n) is 1.46. The van der Waals surface area contributed by atoms with Gasteiger partial charge in [0.25, 0.3) is 0 Å². The lowest BCUT2D eigenvalue weighted by Gasteiger charge is -2.01. The highest BCUT2D eigenvalue weighted by Crippen LogP contribution is 2.09. The predicted molar refractivity (Wildman–Crippen MR) is 71.6 cm³/mol. The third-order valence-electron chi connectivity index (χ3n) is 2.29. The van der Waals surface area contributed by atoms with E-state index in [0.717, 1.165) is 11.3 Å². The summed E-state index contributed by atoms with van der Waals surface area (Å²) in [6, 6.07) is 7.58. The number of benzene rings is 1. The molecule has 0 aliphatic rings. The second-order valence-electron chi connectivity index (χ2n) is 3.63. The molecular weight excluding hydrogens is 246 g/mol. The molecule has 4 nitrogen and oxygen atoms in total. The highest BCUT2D eigenvalue weighted by Gasteiger charge is 1.96. The van der Waals surface area contributed by atoms with Gasteiger partial charge in [-0.1, -0.05) is 11.8 Å². The van der Waals surface area contributed by atoms with Gasteiger partial charge in [0, 0.05) is 23.6 Å². The summed E-state index contributed by atoms with van der Waals surface area (Å²) in [5, 5.41) is 0. The van der Waals surface area contributed by atoms with E-state index in [0.29, 0.717) is 4.77 Å². The number of hydrogen-bond acceptors (Lipinski definition) is 2. The van der Waals surface area contributed by atoms with Crippen molar-refractivity contribution in [3.8, 4) is 17.5 Å². The van der Waals surface area contributed by atoms with Gasteiger partial charge in [0.05, 0.1) is 6.42 Å². The number of nitrogens with zero attached hydrogens (tertiary/aromatic N) is 1. The van der Waals surface area contributed by atoms with E-state index in [1.54, 1.807) is 6.20 Å². The van der Waals surface area contributed by atoms with Crippen LogP contribution in [0.15, 0.2) is 36.7 Å². The Bertz CT molecular complexity index is 670. The van der Waals surface area contributed by atoms with E-state index in [2.05, 4.69) is 16.8 Å². The molecule has 0 unspecified atom stereocenters. The van der Waals surface area contributed by atoms with Crippen LogP contribution in [0.4, 0.5) is 0 Å². The van der Waals surface area contributed by atoms with Crippen molar-refractivity contribution in [1.82, 2.24) is 9.55 Å². The summed E-state index contributed by atoms with van der Waals surface area (Å²) in [5.41, 5.74) is 6.80. The van der Waals surface area contributed by atoms with Crippen molar-refractivity contribution in [2.24, 2.45) is 5.73 Å². The van der Waals surface area contributed by atoms with Crippen molar-refractivity contribution in [3.05, 3.63) is 47.0 Å². The average Bonchev–Trinajstić information content (AvgIpc) is 2.76. The molecule has 0 aliphatic carbocycles. The fraction of sp³-hybridized carbons (Fsp3) is 0.0769.